The van der Waals surface area contributed by atoms with Gasteiger partial charge in [0.2, 0.25) is 0 Å². The second-order valence-electron chi connectivity index (χ2n) is 7.27. The molecule has 3 N–H and O–H groups in total. The van der Waals surface area contributed by atoms with Crippen molar-refractivity contribution in [1.29, 1.82) is 0 Å². The molecule has 1 rings (SSSR count). The molecule has 0 saturated carbocycles. The van der Waals surface area contributed by atoms with Gasteiger partial charge in [-0.3, -0.25) is 9.59 Å². The molecule has 1 atom stereocenters. The monoisotopic (exact) mass is 334 g/mol. The first-order chi connectivity index (χ1) is 11.2. The largest absolute Gasteiger partial charge is 0.347 e. The van der Waals surface area contributed by atoms with Crippen LogP contribution >= 0.6 is 0 Å². The van der Waals surface area contributed by atoms with Gasteiger partial charge in [0.25, 0.3) is 11.8 Å². The highest BCUT2D eigenvalue weighted by Crippen LogP contribution is 2.20. The Hall–Kier alpha value is -1.88. The third-order valence-corrected chi connectivity index (χ3v) is 3.84. The van der Waals surface area contributed by atoms with Gasteiger partial charge in [-0.25, -0.2) is 0 Å². The van der Waals surface area contributed by atoms with Gasteiger partial charge in [-0.1, -0.05) is 25.1 Å². The Morgan fingerprint density at radius 1 is 1.08 bits per heavy atom. The minimum absolute atomic E-state index is 0.0303. The predicted molar refractivity (Wildman–Crippen MR) is 98.3 cm³/mol. The number of likely N-dealkylation sites (N-methyl/N-ethyl adjacent to an activating group) is 1. The van der Waals surface area contributed by atoms with Crippen LogP contribution in [0.4, 0.5) is 5.69 Å². The molecule has 5 nitrogen and oxygen atoms in total. The summed E-state index contributed by atoms with van der Waals surface area (Å²) < 4.78 is 0. The fraction of sp³-hybridized carbons (Fsp3) is 0.579. The topological polar surface area (TPSA) is 62.6 Å². The van der Waals surface area contributed by atoms with Crippen LogP contribution in [0.2, 0.25) is 0 Å². The Bertz CT molecular complexity index is 576. The number of hydrogen-bond donors (Lipinski definition) is 3. The summed E-state index contributed by atoms with van der Waals surface area (Å²) in [7, 11) is 0. The van der Waals surface area contributed by atoms with Crippen molar-refractivity contribution in [3.05, 3.63) is 29.3 Å². The van der Waals surface area contributed by atoms with Gasteiger partial charge in [0.05, 0.1) is 6.54 Å². The summed E-state index contributed by atoms with van der Waals surface area (Å²) in [5.41, 5.74) is 2.84. The average Bonchev–Trinajstić information content (AvgIpc) is 2.46. The maximum Gasteiger partial charge on any atom is 0.279 e. The number of anilines is 1. The number of para-hydroxylation sites is 1. The van der Waals surface area contributed by atoms with E-state index in [0.717, 1.165) is 34.7 Å². The molecule has 1 aromatic carbocycles. The lowest BCUT2D eigenvalue weighted by Crippen LogP contribution is -3.14. The summed E-state index contributed by atoms with van der Waals surface area (Å²) in [6, 6.07) is 6.03. The van der Waals surface area contributed by atoms with Crippen molar-refractivity contribution in [3.8, 4) is 0 Å². The van der Waals surface area contributed by atoms with Crippen molar-refractivity contribution >= 4 is 17.5 Å². The summed E-state index contributed by atoms with van der Waals surface area (Å²) in [6.45, 7) is 13.2. The Morgan fingerprint density at radius 2 is 1.71 bits per heavy atom. The third-order valence-electron chi connectivity index (χ3n) is 3.84. The van der Waals surface area contributed by atoms with E-state index in [1.807, 2.05) is 52.8 Å². The highest BCUT2D eigenvalue weighted by Gasteiger charge is 2.21. The quantitative estimate of drug-likeness (QED) is 0.704. The molecule has 24 heavy (non-hydrogen) atoms. The molecular weight excluding hydrogens is 302 g/mol. The number of carbonyl (C=O) groups is 2. The van der Waals surface area contributed by atoms with Crippen LogP contribution in [0.15, 0.2) is 18.2 Å². The number of amides is 2. The molecular formula is C19H32N3O2+. The normalized spacial score (nSPS) is 12.6. The molecule has 5 heteroatoms. The molecule has 0 aromatic heterocycles. The number of nitrogens with one attached hydrogen (secondary N) is 3. The highest BCUT2D eigenvalue weighted by atomic mass is 16.2. The van der Waals surface area contributed by atoms with Crippen LogP contribution in [0.25, 0.3) is 0 Å². The maximum atomic E-state index is 12.4. The smallest absolute Gasteiger partial charge is 0.279 e. The number of aryl methyl sites for hydroxylation is 2. The van der Waals surface area contributed by atoms with Crippen LogP contribution in [0.3, 0.4) is 0 Å². The molecule has 0 fully saturated rings. The number of benzene rings is 1. The molecule has 1 unspecified atom stereocenters. The summed E-state index contributed by atoms with van der Waals surface area (Å²) in [4.78, 5) is 25.4. The molecule has 2 amide bonds. The zero-order chi connectivity index (χ0) is 18.3. The molecule has 0 spiro atoms. The van der Waals surface area contributed by atoms with Crippen molar-refractivity contribution in [2.45, 2.75) is 53.5 Å². The van der Waals surface area contributed by atoms with E-state index in [2.05, 4.69) is 17.6 Å². The van der Waals surface area contributed by atoms with Gasteiger partial charge >= 0.3 is 0 Å². The lowest BCUT2D eigenvalue weighted by Gasteiger charge is -2.23. The Labute approximate surface area is 145 Å². The van der Waals surface area contributed by atoms with Crippen molar-refractivity contribution in [2.75, 3.05) is 25.0 Å². The van der Waals surface area contributed by atoms with E-state index in [1.165, 1.54) is 0 Å². The van der Waals surface area contributed by atoms with E-state index in [9.17, 15) is 9.59 Å². The van der Waals surface area contributed by atoms with Crippen molar-refractivity contribution in [1.82, 2.24) is 5.32 Å². The Morgan fingerprint density at radius 3 is 2.25 bits per heavy atom. The summed E-state index contributed by atoms with van der Waals surface area (Å²) in [5, 5.41) is 5.97. The van der Waals surface area contributed by atoms with Gasteiger partial charge in [0, 0.05) is 11.2 Å². The van der Waals surface area contributed by atoms with E-state index < -0.39 is 0 Å². The fourth-order valence-electron chi connectivity index (χ4n) is 2.61. The number of rotatable bonds is 7. The van der Waals surface area contributed by atoms with Gasteiger partial charge in [0.1, 0.15) is 0 Å². The van der Waals surface area contributed by atoms with Gasteiger partial charge in [-0.05, 0) is 52.2 Å². The molecule has 0 aliphatic heterocycles. The maximum absolute atomic E-state index is 12.4. The van der Waals surface area contributed by atoms with Crippen LogP contribution in [-0.2, 0) is 16.0 Å². The molecule has 134 valence electrons. The summed E-state index contributed by atoms with van der Waals surface area (Å²) >= 11 is 0. The standard InChI is InChI=1S/C19H31N3O2/c1-7-15-11-9-10-14(3)18(15)20-16(23)12-22(8-2)13-17(24)21-19(4,5)6/h9-11H,7-8,12-13H2,1-6H3,(H,20,23)(H,21,24)/p+1. The lowest BCUT2D eigenvalue weighted by atomic mass is 10.1. The van der Waals surface area contributed by atoms with Gasteiger partial charge in [-0.2, -0.15) is 0 Å². The fourth-order valence-corrected chi connectivity index (χ4v) is 2.61. The van der Waals surface area contributed by atoms with E-state index >= 15 is 0 Å². The predicted octanol–water partition coefficient (Wildman–Crippen LogP) is 1.32. The summed E-state index contributed by atoms with van der Waals surface area (Å²) in [5.74, 6) is -0.0864. The first kappa shape index (κ1) is 20.2. The van der Waals surface area contributed by atoms with Gasteiger partial charge in [-0.15, -0.1) is 0 Å². The molecule has 0 radical (unpaired) electrons. The lowest BCUT2D eigenvalue weighted by molar-refractivity contribution is -0.881. The highest BCUT2D eigenvalue weighted by molar-refractivity contribution is 5.93. The number of quaternary nitrogens is 1. The van der Waals surface area contributed by atoms with Crippen molar-refractivity contribution in [2.24, 2.45) is 0 Å². The second-order valence-corrected chi connectivity index (χ2v) is 7.27. The van der Waals surface area contributed by atoms with Gasteiger partial charge < -0.3 is 15.5 Å². The van der Waals surface area contributed by atoms with E-state index in [-0.39, 0.29) is 23.9 Å². The van der Waals surface area contributed by atoms with Crippen LogP contribution in [-0.4, -0.2) is 37.0 Å². The van der Waals surface area contributed by atoms with Gasteiger partial charge in [0.15, 0.2) is 13.1 Å². The SMILES string of the molecule is CCc1cccc(C)c1NC(=O)C[NH+](CC)CC(=O)NC(C)(C)C. The minimum Gasteiger partial charge on any atom is -0.347 e. The van der Waals surface area contributed by atoms with Crippen molar-refractivity contribution in [3.63, 3.8) is 0 Å². The Balaban J connectivity index is 2.67. The number of carbonyl (C=O) groups excluding carboxylic acids is 2. The van der Waals surface area contributed by atoms with Crippen LogP contribution in [0.5, 0.6) is 0 Å². The van der Waals surface area contributed by atoms with E-state index in [1.54, 1.807) is 0 Å². The number of hydrogen-bond acceptors (Lipinski definition) is 2. The van der Waals surface area contributed by atoms with Crippen molar-refractivity contribution < 1.29 is 14.5 Å². The molecule has 0 aliphatic rings. The van der Waals surface area contributed by atoms with E-state index in [0.29, 0.717) is 6.54 Å². The first-order valence-electron chi connectivity index (χ1n) is 8.69. The zero-order valence-electron chi connectivity index (χ0n) is 15.9. The Kier molecular flexibility index (Phi) is 7.42. The van der Waals surface area contributed by atoms with Crippen LogP contribution in [0.1, 0.15) is 45.7 Å². The third kappa shape index (κ3) is 6.71. The zero-order valence-corrected chi connectivity index (χ0v) is 15.9. The first-order valence-corrected chi connectivity index (χ1v) is 8.69. The minimum atomic E-state index is -0.255. The van der Waals surface area contributed by atoms with Crippen LogP contribution < -0.4 is 15.5 Å². The molecule has 0 saturated heterocycles. The molecule has 0 aliphatic carbocycles. The van der Waals surface area contributed by atoms with E-state index in [4.69, 9.17) is 0 Å². The second kappa shape index (κ2) is 8.83. The molecule has 1 aromatic rings. The summed E-state index contributed by atoms with van der Waals surface area (Å²) in [6.07, 6.45) is 0.871. The van der Waals surface area contributed by atoms with Crippen LogP contribution in [0, 0.1) is 6.92 Å². The molecule has 0 heterocycles. The molecule has 0 bridgehead atoms. The average molecular weight is 334 g/mol.